The van der Waals surface area contributed by atoms with E-state index in [-0.39, 0.29) is 17.8 Å². The summed E-state index contributed by atoms with van der Waals surface area (Å²) in [5.74, 6) is 0.951. The number of nitrogens with one attached hydrogen (secondary N) is 1. The van der Waals surface area contributed by atoms with Crippen LogP contribution < -0.4 is 5.32 Å². The molecule has 0 aliphatic carbocycles. The molecule has 5 rings (SSSR count). The van der Waals surface area contributed by atoms with Crippen molar-refractivity contribution in [2.75, 3.05) is 17.7 Å². The number of thioether (sulfide) groups is 1. The molecule has 4 aromatic rings. The first kappa shape index (κ1) is 25.1. The van der Waals surface area contributed by atoms with E-state index in [1.54, 1.807) is 11.3 Å². The molecule has 7 nitrogen and oxygen atoms in total. The van der Waals surface area contributed by atoms with Crippen LogP contribution in [0.25, 0.3) is 22.6 Å². The first-order valence-electron chi connectivity index (χ1n) is 12.1. The Kier molecular flexibility index (Phi) is 7.85. The smallest absolute Gasteiger partial charge is 0.236 e. The van der Waals surface area contributed by atoms with Crippen LogP contribution in [-0.4, -0.2) is 44.1 Å². The van der Waals surface area contributed by atoms with Crippen LogP contribution in [0.5, 0.6) is 0 Å². The number of thiophene rings is 1. The van der Waals surface area contributed by atoms with Crippen LogP contribution in [0.3, 0.4) is 0 Å². The monoisotopic (exact) mass is 539 g/mol. The van der Waals surface area contributed by atoms with E-state index in [0.717, 1.165) is 53.7 Å². The van der Waals surface area contributed by atoms with Gasteiger partial charge in [-0.1, -0.05) is 30.8 Å². The molecule has 1 aliphatic rings. The van der Waals surface area contributed by atoms with E-state index in [4.69, 9.17) is 4.74 Å². The van der Waals surface area contributed by atoms with Gasteiger partial charge in [-0.2, -0.15) is 0 Å². The van der Waals surface area contributed by atoms with Gasteiger partial charge in [0.05, 0.1) is 24.1 Å². The molecule has 0 bridgehead atoms. The fourth-order valence-electron chi connectivity index (χ4n) is 4.10. The van der Waals surface area contributed by atoms with Gasteiger partial charge in [-0.3, -0.25) is 9.36 Å². The molecule has 36 heavy (non-hydrogen) atoms. The van der Waals surface area contributed by atoms with E-state index < -0.39 is 0 Å². The number of ether oxygens (including phenoxy) is 1. The first-order chi connectivity index (χ1) is 17.5. The van der Waals surface area contributed by atoms with Gasteiger partial charge in [-0.25, -0.2) is 4.98 Å². The van der Waals surface area contributed by atoms with E-state index >= 15 is 0 Å². The molecule has 1 amide bonds. The maximum atomic E-state index is 12.8. The molecular weight excluding hydrogens is 511 g/mol. The summed E-state index contributed by atoms with van der Waals surface area (Å²) >= 11 is 4.57. The summed E-state index contributed by atoms with van der Waals surface area (Å²) in [4.78, 5) is 18.7. The maximum Gasteiger partial charge on any atom is 0.236 e. The highest BCUT2D eigenvalue weighted by atomic mass is 32.2. The van der Waals surface area contributed by atoms with Crippen LogP contribution >= 0.6 is 34.4 Å². The minimum absolute atomic E-state index is 0.113. The third-order valence-corrected chi connectivity index (χ3v) is 9.08. The lowest BCUT2D eigenvalue weighted by atomic mass is 10.1. The zero-order valence-corrected chi connectivity index (χ0v) is 23.1. The van der Waals surface area contributed by atoms with Crippen LogP contribution in [0, 0.1) is 13.8 Å². The summed E-state index contributed by atoms with van der Waals surface area (Å²) in [5, 5.41) is 17.3. The number of aromatic nitrogens is 4. The van der Waals surface area contributed by atoms with Gasteiger partial charge in [0.1, 0.15) is 0 Å². The molecule has 1 atom stereocenters. The number of carbonyl (C=O) groups excluding carboxylic acids is 1. The minimum atomic E-state index is -0.113. The Morgan fingerprint density at radius 3 is 2.81 bits per heavy atom. The molecule has 1 fully saturated rings. The predicted octanol–water partition coefficient (Wildman–Crippen LogP) is 6.22. The normalized spacial score (nSPS) is 15.5. The predicted molar refractivity (Wildman–Crippen MR) is 148 cm³/mol. The highest BCUT2D eigenvalue weighted by Gasteiger charge is 2.23. The molecule has 10 heteroatoms. The molecule has 1 aliphatic heterocycles. The Labute approximate surface area is 223 Å². The minimum Gasteiger partial charge on any atom is -0.376 e. The van der Waals surface area contributed by atoms with Crippen molar-refractivity contribution in [1.29, 1.82) is 0 Å². The highest BCUT2D eigenvalue weighted by molar-refractivity contribution is 7.99. The molecule has 1 saturated heterocycles. The van der Waals surface area contributed by atoms with Crippen molar-refractivity contribution in [3.05, 3.63) is 51.0 Å². The zero-order valence-electron chi connectivity index (χ0n) is 20.6. The summed E-state index contributed by atoms with van der Waals surface area (Å²) in [6.07, 6.45) is 3.24. The van der Waals surface area contributed by atoms with Crippen LogP contribution in [0.2, 0.25) is 0 Å². The van der Waals surface area contributed by atoms with E-state index in [1.165, 1.54) is 39.1 Å². The van der Waals surface area contributed by atoms with Gasteiger partial charge in [-0.05, 0) is 56.4 Å². The average Bonchev–Trinajstić information content (AvgIpc) is 3.68. The Morgan fingerprint density at radius 2 is 2.06 bits per heavy atom. The number of hydrogen-bond acceptors (Lipinski definition) is 8. The fraction of sp³-hybridized carbons (Fsp3) is 0.385. The third kappa shape index (κ3) is 5.72. The molecule has 4 heterocycles. The average molecular weight is 540 g/mol. The van der Waals surface area contributed by atoms with Crippen molar-refractivity contribution < 1.29 is 9.53 Å². The molecule has 3 aromatic heterocycles. The van der Waals surface area contributed by atoms with Crippen LogP contribution in [-0.2, 0) is 22.5 Å². The number of thiazole rings is 1. The number of anilines is 1. The lowest BCUT2D eigenvalue weighted by Gasteiger charge is -2.14. The number of amides is 1. The highest BCUT2D eigenvalue weighted by Crippen LogP contribution is 2.30. The summed E-state index contributed by atoms with van der Waals surface area (Å²) in [6.45, 7) is 7.82. The van der Waals surface area contributed by atoms with Crippen LogP contribution in [0.1, 0.15) is 35.8 Å². The maximum absolute atomic E-state index is 12.8. The standard InChI is InChI=1S/C26H29N5O2S3/c1-4-21-11-19(13-34-21)24-29-30-26(31(24)12-20-6-5-9-33-20)36-15-23(32)28-25-27-22(14-35-25)18-8-7-16(2)17(3)10-18/h7-8,10-11,13-14,20H,4-6,9,12,15H2,1-3H3,(H,27,28,32). The second kappa shape index (κ2) is 11.2. The molecular formula is C26H29N5O2S3. The first-order valence-corrected chi connectivity index (χ1v) is 14.8. The third-order valence-electron chi connectivity index (χ3n) is 6.27. The number of aryl methyl sites for hydroxylation is 3. The van der Waals surface area contributed by atoms with Crippen molar-refractivity contribution in [3.8, 4) is 22.6 Å². The Balaban J connectivity index is 1.26. The second-order valence-electron chi connectivity index (χ2n) is 8.88. The van der Waals surface area contributed by atoms with E-state index in [1.807, 2.05) is 5.38 Å². The fourth-order valence-corrected chi connectivity index (χ4v) is 6.40. The Bertz CT molecular complexity index is 1350. The van der Waals surface area contributed by atoms with Crippen molar-refractivity contribution in [2.45, 2.75) is 57.8 Å². The van der Waals surface area contributed by atoms with Crippen molar-refractivity contribution in [1.82, 2.24) is 19.7 Å². The lowest BCUT2D eigenvalue weighted by Crippen LogP contribution is -2.18. The SMILES string of the molecule is CCc1cc(-c2nnc(SCC(=O)Nc3nc(-c4ccc(C)c(C)c4)cs3)n2CC2CCCO2)cs1. The van der Waals surface area contributed by atoms with E-state index in [2.05, 4.69) is 75.5 Å². The van der Waals surface area contributed by atoms with Crippen LogP contribution in [0.4, 0.5) is 5.13 Å². The molecule has 0 saturated carbocycles. The summed E-state index contributed by atoms with van der Waals surface area (Å²) < 4.78 is 7.99. The second-order valence-corrected chi connectivity index (χ2v) is 11.7. The molecule has 188 valence electrons. The zero-order chi connectivity index (χ0) is 25.1. The van der Waals surface area contributed by atoms with Gasteiger partial charge in [0.25, 0.3) is 0 Å². The van der Waals surface area contributed by atoms with Crippen molar-refractivity contribution in [2.24, 2.45) is 0 Å². The topological polar surface area (TPSA) is 81.9 Å². The molecule has 1 N–H and O–H groups in total. The largest absolute Gasteiger partial charge is 0.376 e. The van der Waals surface area contributed by atoms with Crippen molar-refractivity contribution in [3.63, 3.8) is 0 Å². The molecule has 0 radical (unpaired) electrons. The molecule has 0 spiro atoms. The van der Waals surface area contributed by atoms with Gasteiger partial charge < -0.3 is 10.1 Å². The van der Waals surface area contributed by atoms with Gasteiger partial charge >= 0.3 is 0 Å². The number of hydrogen-bond donors (Lipinski definition) is 1. The summed E-state index contributed by atoms with van der Waals surface area (Å²) in [5.41, 5.74) is 5.47. The van der Waals surface area contributed by atoms with E-state index in [9.17, 15) is 4.79 Å². The van der Waals surface area contributed by atoms with Gasteiger partial charge in [0.2, 0.25) is 5.91 Å². The van der Waals surface area contributed by atoms with Crippen LogP contribution in [0.15, 0.2) is 40.2 Å². The number of rotatable bonds is 9. The number of carbonyl (C=O) groups is 1. The quantitative estimate of drug-likeness (QED) is 0.254. The van der Waals surface area contributed by atoms with E-state index in [0.29, 0.717) is 11.7 Å². The summed E-state index contributed by atoms with van der Waals surface area (Å²) in [6, 6.07) is 8.46. The Morgan fingerprint density at radius 1 is 1.17 bits per heavy atom. The number of nitrogens with zero attached hydrogens (tertiary/aromatic N) is 4. The lowest BCUT2D eigenvalue weighted by molar-refractivity contribution is -0.113. The summed E-state index contributed by atoms with van der Waals surface area (Å²) in [7, 11) is 0. The number of benzene rings is 1. The molecule has 1 aromatic carbocycles. The van der Waals surface area contributed by atoms with Gasteiger partial charge in [0.15, 0.2) is 16.1 Å². The van der Waals surface area contributed by atoms with Crippen molar-refractivity contribution >= 4 is 45.5 Å². The molecule has 1 unspecified atom stereocenters. The van der Waals surface area contributed by atoms with Gasteiger partial charge in [0, 0.05) is 33.4 Å². The Hall–Kier alpha value is -2.53. The van der Waals surface area contributed by atoms with Gasteiger partial charge in [-0.15, -0.1) is 32.9 Å².